The lowest BCUT2D eigenvalue weighted by Gasteiger charge is -2.37. The van der Waals surface area contributed by atoms with Gasteiger partial charge in [0.1, 0.15) is 0 Å². The van der Waals surface area contributed by atoms with Crippen LogP contribution in [0.15, 0.2) is 0 Å². The maximum Gasteiger partial charge on any atom is 0.0651 e. The number of aliphatic hydroxyl groups is 1. The third-order valence-electron chi connectivity index (χ3n) is 3.16. The summed E-state index contributed by atoms with van der Waals surface area (Å²) in [7, 11) is 1.75. The van der Waals surface area contributed by atoms with Gasteiger partial charge in [-0.15, -0.1) is 0 Å². The molecule has 1 saturated carbocycles. The zero-order valence-corrected chi connectivity index (χ0v) is 8.34. The molecule has 12 heavy (non-hydrogen) atoms. The van der Waals surface area contributed by atoms with E-state index in [0.29, 0.717) is 5.92 Å². The van der Waals surface area contributed by atoms with Crippen LogP contribution in [0, 0.1) is 5.92 Å². The first-order valence-electron chi connectivity index (χ1n) is 4.79. The number of rotatable bonds is 2. The van der Waals surface area contributed by atoms with Crippen LogP contribution in [0.3, 0.4) is 0 Å². The van der Waals surface area contributed by atoms with E-state index in [9.17, 15) is 5.11 Å². The minimum absolute atomic E-state index is 0.0681. The van der Waals surface area contributed by atoms with E-state index in [1.54, 1.807) is 7.11 Å². The summed E-state index contributed by atoms with van der Waals surface area (Å²) in [4.78, 5) is 0. The molecule has 2 unspecified atom stereocenters. The molecule has 1 rings (SSSR count). The van der Waals surface area contributed by atoms with Crippen molar-refractivity contribution in [3.05, 3.63) is 0 Å². The van der Waals surface area contributed by atoms with Gasteiger partial charge in [-0.2, -0.15) is 0 Å². The van der Waals surface area contributed by atoms with E-state index in [1.807, 2.05) is 0 Å². The molecule has 0 radical (unpaired) electrons. The molecule has 0 bridgehead atoms. The molecule has 0 saturated heterocycles. The Morgan fingerprint density at radius 1 is 1.33 bits per heavy atom. The van der Waals surface area contributed by atoms with Gasteiger partial charge in [0.25, 0.3) is 0 Å². The monoisotopic (exact) mass is 172 g/mol. The summed E-state index contributed by atoms with van der Waals surface area (Å²) in [5.74, 6) is 0.520. The van der Waals surface area contributed by atoms with Gasteiger partial charge in [-0.3, -0.25) is 0 Å². The molecule has 0 aliphatic heterocycles. The number of hydrogen-bond donors (Lipinski definition) is 1. The van der Waals surface area contributed by atoms with Crippen molar-refractivity contribution < 1.29 is 9.84 Å². The van der Waals surface area contributed by atoms with Gasteiger partial charge in [0.05, 0.1) is 11.7 Å². The van der Waals surface area contributed by atoms with Crippen LogP contribution in [-0.4, -0.2) is 23.9 Å². The number of ether oxygens (including phenoxy) is 1. The van der Waals surface area contributed by atoms with E-state index in [0.717, 1.165) is 19.3 Å². The minimum Gasteiger partial charge on any atom is -0.393 e. The summed E-state index contributed by atoms with van der Waals surface area (Å²) in [6.07, 6.45) is 4.10. The molecule has 0 aromatic rings. The molecule has 72 valence electrons. The quantitative estimate of drug-likeness (QED) is 0.690. The second-order valence-corrected chi connectivity index (χ2v) is 4.32. The second kappa shape index (κ2) is 3.75. The lowest BCUT2D eigenvalue weighted by Crippen LogP contribution is -2.37. The van der Waals surface area contributed by atoms with Crippen molar-refractivity contribution in [3.8, 4) is 0 Å². The van der Waals surface area contributed by atoms with Gasteiger partial charge in [-0.25, -0.2) is 0 Å². The standard InChI is InChI=1S/C10H20O2/c1-10(2,12-3)8-5-4-6-9(11)7-8/h8-9,11H,4-7H2,1-3H3. The highest BCUT2D eigenvalue weighted by atomic mass is 16.5. The maximum atomic E-state index is 9.48. The van der Waals surface area contributed by atoms with E-state index in [2.05, 4.69) is 13.8 Å². The summed E-state index contributed by atoms with van der Waals surface area (Å²) < 4.78 is 5.41. The molecule has 2 nitrogen and oxygen atoms in total. The summed E-state index contributed by atoms with van der Waals surface area (Å²) in [5.41, 5.74) is -0.0681. The molecule has 1 N–H and O–H groups in total. The van der Waals surface area contributed by atoms with Crippen LogP contribution in [0.1, 0.15) is 39.5 Å². The summed E-state index contributed by atoms with van der Waals surface area (Å²) in [5, 5.41) is 9.48. The third-order valence-corrected chi connectivity index (χ3v) is 3.16. The average molecular weight is 172 g/mol. The highest BCUT2D eigenvalue weighted by molar-refractivity contribution is 4.84. The van der Waals surface area contributed by atoms with Crippen molar-refractivity contribution in [1.29, 1.82) is 0 Å². The Labute approximate surface area is 74.9 Å². The van der Waals surface area contributed by atoms with Crippen LogP contribution < -0.4 is 0 Å². The van der Waals surface area contributed by atoms with E-state index in [-0.39, 0.29) is 11.7 Å². The highest BCUT2D eigenvalue weighted by Crippen LogP contribution is 2.34. The van der Waals surface area contributed by atoms with E-state index >= 15 is 0 Å². The topological polar surface area (TPSA) is 29.5 Å². The van der Waals surface area contributed by atoms with E-state index < -0.39 is 0 Å². The fourth-order valence-corrected chi connectivity index (χ4v) is 1.96. The van der Waals surface area contributed by atoms with Crippen LogP contribution in [0.25, 0.3) is 0 Å². The Kier molecular flexibility index (Phi) is 3.13. The van der Waals surface area contributed by atoms with Crippen molar-refractivity contribution in [2.75, 3.05) is 7.11 Å². The molecule has 2 heteroatoms. The Hall–Kier alpha value is -0.0800. The van der Waals surface area contributed by atoms with Crippen LogP contribution in [0.5, 0.6) is 0 Å². The van der Waals surface area contributed by atoms with Gasteiger partial charge in [0.15, 0.2) is 0 Å². The van der Waals surface area contributed by atoms with E-state index in [1.165, 1.54) is 6.42 Å². The van der Waals surface area contributed by atoms with Gasteiger partial charge >= 0.3 is 0 Å². The molecule has 0 aromatic heterocycles. The first kappa shape index (κ1) is 10.0. The van der Waals surface area contributed by atoms with Crippen molar-refractivity contribution in [1.82, 2.24) is 0 Å². The second-order valence-electron chi connectivity index (χ2n) is 4.32. The Morgan fingerprint density at radius 2 is 2.00 bits per heavy atom. The normalized spacial score (nSPS) is 32.0. The minimum atomic E-state index is -0.0989. The smallest absolute Gasteiger partial charge is 0.0651 e. The first-order chi connectivity index (χ1) is 5.56. The van der Waals surface area contributed by atoms with Crippen molar-refractivity contribution in [2.24, 2.45) is 5.92 Å². The number of methoxy groups -OCH3 is 1. The van der Waals surface area contributed by atoms with Gasteiger partial charge in [-0.05, 0) is 39.0 Å². The Morgan fingerprint density at radius 3 is 2.50 bits per heavy atom. The van der Waals surface area contributed by atoms with Crippen LogP contribution in [-0.2, 0) is 4.74 Å². The molecular formula is C10H20O2. The molecule has 0 spiro atoms. The molecule has 1 fully saturated rings. The molecule has 0 aromatic carbocycles. The Balaban J connectivity index is 2.50. The zero-order valence-electron chi connectivity index (χ0n) is 8.34. The Bertz CT molecular complexity index is 143. The largest absolute Gasteiger partial charge is 0.393 e. The first-order valence-corrected chi connectivity index (χ1v) is 4.79. The number of hydrogen-bond acceptors (Lipinski definition) is 2. The van der Waals surface area contributed by atoms with Gasteiger partial charge < -0.3 is 9.84 Å². The fourth-order valence-electron chi connectivity index (χ4n) is 1.96. The predicted octanol–water partition coefficient (Wildman–Crippen LogP) is 1.96. The SMILES string of the molecule is COC(C)(C)C1CCCC(O)C1. The highest BCUT2D eigenvalue weighted by Gasteiger charge is 2.33. The van der Waals surface area contributed by atoms with Crippen LogP contribution in [0.2, 0.25) is 0 Å². The lowest BCUT2D eigenvalue weighted by molar-refractivity contribution is -0.0591. The van der Waals surface area contributed by atoms with Gasteiger partial charge in [0, 0.05) is 7.11 Å². The average Bonchev–Trinajstić information content (AvgIpc) is 2.05. The molecule has 1 aliphatic rings. The van der Waals surface area contributed by atoms with Crippen molar-refractivity contribution in [2.45, 2.75) is 51.2 Å². The maximum absolute atomic E-state index is 9.48. The lowest BCUT2D eigenvalue weighted by atomic mass is 9.77. The zero-order chi connectivity index (χ0) is 9.19. The van der Waals surface area contributed by atoms with Gasteiger partial charge in [0.2, 0.25) is 0 Å². The van der Waals surface area contributed by atoms with Crippen molar-refractivity contribution >= 4 is 0 Å². The fraction of sp³-hybridized carbons (Fsp3) is 1.00. The van der Waals surface area contributed by atoms with Crippen LogP contribution >= 0.6 is 0 Å². The molecular weight excluding hydrogens is 152 g/mol. The van der Waals surface area contributed by atoms with Crippen LogP contribution in [0.4, 0.5) is 0 Å². The summed E-state index contributed by atoms with van der Waals surface area (Å²) in [6, 6.07) is 0. The van der Waals surface area contributed by atoms with Gasteiger partial charge in [-0.1, -0.05) is 6.42 Å². The summed E-state index contributed by atoms with van der Waals surface area (Å²) >= 11 is 0. The molecule has 2 atom stereocenters. The molecule has 0 heterocycles. The molecule has 1 aliphatic carbocycles. The predicted molar refractivity (Wildman–Crippen MR) is 49.1 cm³/mol. The third kappa shape index (κ3) is 2.20. The summed E-state index contributed by atoms with van der Waals surface area (Å²) in [6.45, 7) is 4.21. The number of aliphatic hydroxyl groups excluding tert-OH is 1. The van der Waals surface area contributed by atoms with Crippen molar-refractivity contribution in [3.63, 3.8) is 0 Å². The molecule has 0 amide bonds. The van der Waals surface area contributed by atoms with E-state index in [4.69, 9.17) is 4.74 Å².